The Morgan fingerprint density at radius 1 is 1.11 bits per heavy atom. The molecule has 182 valence electrons. The van der Waals surface area contributed by atoms with Crippen molar-refractivity contribution >= 4 is 13.6 Å². The first-order chi connectivity index (χ1) is 16.7. The zero-order valence-corrected chi connectivity index (χ0v) is 18.9. The lowest BCUT2D eigenvalue weighted by molar-refractivity contribution is -0.711. The molecule has 0 saturated heterocycles. The third-order valence-electron chi connectivity index (χ3n) is 4.82. The molecule has 13 heteroatoms. The van der Waals surface area contributed by atoms with Crippen LogP contribution in [0.25, 0.3) is 11.3 Å². The van der Waals surface area contributed by atoms with Crippen LogP contribution < -0.4 is 15.0 Å². The van der Waals surface area contributed by atoms with E-state index in [1.807, 2.05) is 0 Å². The van der Waals surface area contributed by atoms with Crippen LogP contribution in [0.2, 0.25) is 0 Å². The van der Waals surface area contributed by atoms with Gasteiger partial charge in [0.1, 0.15) is 18.0 Å². The molecule has 0 fully saturated rings. The maximum absolute atomic E-state index is 14.5. The number of phosphoric ester groups is 1. The van der Waals surface area contributed by atoms with Crippen LogP contribution in [0.1, 0.15) is 16.8 Å². The fraction of sp³-hybridized carbons (Fsp3) is 0.136. The number of phosphoric acid groups is 1. The van der Waals surface area contributed by atoms with Gasteiger partial charge in [0.15, 0.2) is 11.6 Å². The lowest BCUT2D eigenvalue weighted by Gasteiger charge is -2.07. The molecule has 3 aromatic heterocycles. The lowest BCUT2D eigenvalue weighted by atomic mass is 10.1. The monoisotopic (exact) mass is 505 g/mol. The molecule has 0 aliphatic heterocycles. The molecule has 0 aliphatic carbocycles. The highest BCUT2D eigenvalue weighted by Gasteiger charge is 2.21. The number of hydrogen-bond donors (Lipinski definition) is 3. The normalized spacial score (nSPS) is 11.5. The number of anilines is 1. The molecule has 0 aliphatic rings. The van der Waals surface area contributed by atoms with Gasteiger partial charge < -0.3 is 19.0 Å². The third kappa shape index (κ3) is 6.46. The van der Waals surface area contributed by atoms with Crippen LogP contribution in [-0.4, -0.2) is 19.9 Å². The molecule has 35 heavy (non-hydrogen) atoms. The van der Waals surface area contributed by atoms with E-state index in [4.69, 9.17) is 24.8 Å². The first-order valence-electron chi connectivity index (χ1n) is 10.1. The molecule has 4 aromatic rings. The summed E-state index contributed by atoms with van der Waals surface area (Å²) in [5.74, 6) is -0.870. The predicted octanol–water partition coefficient (Wildman–Crippen LogP) is 3.12. The van der Waals surface area contributed by atoms with Crippen LogP contribution >= 0.6 is 7.82 Å². The van der Waals surface area contributed by atoms with Gasteiger partial charge in [0, 0.05) is 18.7 Å². The summed E-state index contributed by atoms with van der Waals surface area (Å²) in [4.78, 5) is 21.8. The van der Waals surface area contributed by atoms with Crippen LogP contribution in [-0.2, 0) is 28.8 Å². The molecule has 0 saturated carbocycles. The standard InChI is InChI=1S/C22H19F2N4O6P/c23-16-4-1-3-14(7-16)12-32-22-19(24)9-15(11-26-22)8-17-10-20(34-27-17)18-5-2-6-28(21(18)25)13-33-35(29,30)31/h1-7,9-11,25H,8,12-13H2,(H2,29,30,31)/p+1. The number of hydrogen-bond acceptors (Lipinski definition) is 7. The van der Waals surface area contributed by atoms with Gasteiger partial charge in [-0.25, -0.2) is 27.4 Å². The Balaban J connectivity index is 1.43. The Bertz CT molecular complexity index is 1390. The van der Waals surface area contributed by atoms with Gasteiger partial charge >= 0.3 is 7.82 Å². The van der Waals surface area contributed by atoms with E-state index in [1.165, 1.54) is 41.2 Å². The van der Waals surface area contributed by atoms with E-state index in [1.54, 1.807) is 24.3 Å². The molecule has 0 amide bonds. The fourth-order valence-corrected chi connectivity index (χ4v) is 3.47. The van der Waals surface area contributed by atoms with Crippen LogP contribution in [0.4, 0.5) is 14.6 Å². The molecule has 4 rings (SSSR count). The predicted molar refractivity (Wildman–Crippen MR) is 117 cm³/mol. The second kappa shape index (κ2) is 10.3. The van der Waals surface area contributed by atoms with Gasteiger partial charge in [-0.05, 0) is 41.5 Å². The summed E-state index contributed by atoms with van der Waals surface area (Å²) in [5.41, 5.74) is 8.01. The van der Waals surface area contributed by atoms with E-state index in [9.17, 15) is 13.3 Å². The second-order valence-electron chi connectivity index (χ2n) is 7.43. The van der Waals surface area contributed by atoms with Crippen molar-refractivity contribution in [3.05, 3.63) is 89.4 Å². The third-order valence-corrected chi connectivity index (χ3v) is 5.27. The Labute approximate surface area is 197 Å². The number of aromatic nitrogens is 3. The Morgan fingerprint density at radius 2 is 1.94 bits per heavy atom. The first kappa shape index (κ1) is 24.4. The summed E-state index contributed by atoms with van der Waals surface area (Å²) < 4.78 is 55.1. The summed E-state index contributed by atoms with van der Waals surface area (Å²) in [5, 5.41) is 3.97. The van der Waals surface area contributed by atoms with E-state index in [0.717, 1.165) is 0 Å². The SMILES string of the molecule is Nc1c(-c2cc(Cc3cnc(OCc4cccc(F)c4)c(F)c3)no2)ccc[n+]1COP(=O)(O)O. The minimum absolute atomic E-state index is 0.0363. The van der Waals surface area contributed by atoms with Crippen molar-refractivity contribution in [3.63, 3.8) is 0 Å². The molecule has 0 atom stereocenters. The molecule has 4 N–H and O–H groups in total. The number of halogens is 2. The summed E-state index contributed by atoms with van der Waals surface area (Å²) in [7, 11) is -4.68. The van der Waals surface area contributed by atoms with Crippen LogP contribution in [0.5, 0.6) is 5.88 Å². The smallest absolute Gasteiger partial charge is 0.471 e. The molecular formula is C22H20F2N4O6P+. The van der Waals surface area contributed by atoms with Gasteiger partial charge in [-0.1, -0.05) is 17.3 Å². The van der Waals surface area contributed by atoms with Gasteiger partial charge in [-0.3, -0.25) is 5.73 Å². The number of rotatable bonds is 9. The average Bonchev–Trinajstić information content (AvgIpc) is 3.25. The van der Waals surface area contributed by atoms with Crippen molar-refractivity contribution in [2.45, 2.75) is 19.8 Å². The van der Waals surface area contributed by atoms with Crippen molar-refractivity contribution in [3.8, 4) is 17.2 Å². The molecule has 10 nitrogen and oxygen atoms in total. The summed E-state index contributed by atoms with van der Waals surface area (Å²) >= 11 is 0. The molecule has 0 radical (unpaired) electrons. The highest BCUT2D eigenvalue weighted by Crippen LogP contribution is 2.35. The van der Waals surface area contributed by atoms with E-state index in [0.29, 0.717) is 28.1 Å². The number of pyridine rings is 2. The Kier molecular flexibility index (Phi) is 7.17. The number of ether oxygens (including phenoxy) is 1. The summed E-state index contributed by atoms with van der Waals surface area (Å²) in [6, 6.07) is 11.9. The van der Waals surface area contributed by atoms with Crippen LogP contribution in [0, 0.1) is 11.6 Å². The van der Waals surface area contributed by atoms with Gasteiger partial charge in [0.05, 0.1) is 11.9 Å². The van der Waals surface area contributed by atoms with E-state index in [-0.39, 0.29) is 24.7 Å². The minimum atomic E-state index is -4.68. The van der Waals surface area contributed by atoms with E-state index in [2.05, 4.69) is 14.7 Å². The largest absolute Gasteiger partial charge is 0.472 e. The minimum Gasteiger partial charge on any atom is -0.471 e. The van der Waals surface area contributed by atoms with Crippen molar-refractivity contribution in [1.29, 1.82) is 0 Å². The average molecular weight is 505 g/mol. The Morgan fingerprint density at radius 3 is 2.69 bits per heavy atom. The second-order valence-corrected chi connectivity index (χ2v) is 8.67. The zero-order valence-electron chi connectivity index (χ0n) is 18.0. The number of nitrogens with two attached hydrogens (primary N) is 1. The fourth-order valence-electron chi connectivity index (χ4n) is 3.20. The van der Waals surface area contributed by atoms with E-state index >= 15 is 0 Å². The van der Waals surface area contributed by atoms with Crippen molar-refractivity contribution in [2.24, 2.45) is 0 Å². The van der Waals surface area contributed by atoms with Gasteiger partial charge in [-0.15, -0.1) is 0 Å². The number of benzene rings is 1. The van der Waals surface area contributed by atoms with E-state index < -0.39 is 26.2 Å². The molecule has 3 heterocycles. The molecule has 0 unspecified atom stereocenters. The summed E-state index contributed by atoms with van der Waals surface area (Å²) in [6.07, 6.45) is 3.12. The molecule has 0 spiro atoms. The van der Waals surface area contributed by atoms with Crippen LogP contribution in [0.3, 0.4) is 0 Å². The number of nitrogens with zero attached hydrogens (tertiary/aromatic N) is 3. The lowest BCUT2D eigenvalue weighted by Crippen LogP contribution is -2.38. The number of nitrogen functional groups attached to an aromatic ring is 1. The Hall–Kier alpha value is -3.70. The van der Waals surface area contributed by atoms with Crippen molar-refractivity contribution in [2.75, 3.05) is 5.73 Å². The van der Waals surface area contributed by atoms with Gasteiger partial charge in [-0.2, -0.15) is 0 Å². The zero-order chi connectivity index (χ0) is 25.0. The van der Waals surface area contributed by atoms with Gasteiger partial charge in [0.2, 0.25) is 6.73 Å². The quantitative estimate of drug-likeness (QED) is 0.231. The first-order valence-corrected chi connectivity index (χ1v) is 11.7. The van der Waals surface area contributed by atoms with Crippen molar-refractivity contribution < 1.29 is 41.5 Å². The van der Waals surface area contributed by atoms with Crippen molar-refractivity contribution in [1.82, 2.24) is 10.1 Å². The molecule has 0 bridgehead atoms. The van der Waals surface area contributed by atoms with Crippen LogP contribution in [0.15, 0.2) is 65.4 Å². The maximum Gasteiger partial charge on any atom is 0.472 e. The molecule has 1 aromatic carbocycles. The maximum atomic E-state index is 14.5. The van der Waals surface area contributed by atoms with Gasteiger partial charge in [0.25, 0.3) is 11.7 Å². The topological polar surface area (TPSA) is 145 Å². The highest BCUT2D eigenvalue weighted by molar-refractivity contribution is 7.46. The highest BCUT2D eigenvalue weighted by atomic mass is 31.2. The summed E-state index contributed by atoms with van der Waals surface area (Å²) in [6.45, 7) is -0.505. The molecular weight excluding hydrogens is 485 g/mol.